The summed E-state index contributed by atoms with van der Waals surface area (Å²) < 4.78 is 25.2. The molecule has 3 heterocycles. The Morgan fingerprint density at radius 1 is 1.33 bits per heavy atom. The van der Waals surface area contributed by atoms with Crippen LogP contribution in [0.1, 0.15) is 38.8 Å². The van der Waals surface area contributed by atoms with Gasteiger partial charge in [-0.3, -0.25) is 14.8 Å². The highest BCUT2D eigenvalue weighted by Gasteiger charge is 2.23. The fraction of sp³-hybridized carbons (Fsp3) is 0.500. The first-order chi connectivity index (χ1) is 11.5. The number of aromatic amines is 1. The molecule has 1 aliphatic rings. The lowest BCUT2D eigenvalue weighted by Gasteiger charge is -2.21. The van der Waals surface area contributed by atoms with Gasteiger partial charge in [0.1, 0.15) is 5.69 Å². The van der Waals surface area contributed by atoms with Crippen molar-refractivity contribution in [1.29, 1.82) is 0 Å². The SMILES string of the molecule is Cc1ccc(CN2CCCN(C(=O)c3cc(C(F)F)[nH]n3)CC2)s1. The van der Waals surface area contributed by atoms with Gasteiger partial charge in [0.15, 0.2) is 5.69 Å². The van der Waals surface area contributed by atoms with Crippen LogP contribution >= 0.6 is 11.3 Å². The van der Waals surface area contributed by atoms with E-state index in [9.17, 15) is 13.6 Å². The summed E-state index contributed by atoms with van der Waals surface area (Å²) in [7, 11) is 0. The second-order valence-corrected chi connectivity index (χ2v) is 7.32. The van der Waals surface area contributed by atoms with E-state index in [0.29, 0.717) is 13.1 Å². The highest BCUT2D eigenvalue weighted by Crippen LogP contribution is 2.19. The van der Waals surface area contributed by atoms with E-state index in [1.807, 2.05) is 0 Å². The number of nitrogens with one attached hydrogen (secondary N) is 1. The lowest BCUT2D eigenvalue weighted by molar-refractivity contribution is 0.0755. The van der Waals surface area contributed by atoms with Gasteiger partial charge in [0.05, 0.1) is 0 Å². The third-order valence-corrected chi connectivity index (χ3v) is 5.09. The molecule has 0 radical (unpaired) electrons. The van der Waals surface area contributed by atoms with E-state index in [4.69, 9.17) is 0 Å². The number of carbonyl (C=O) groups excluding carboxylic acids is 1. The van der Waals surface area contributed by atoms with Crippen LogP contribution in [0.2, 0.25) is 0 Å². The van der Waals surface area contributed by atoms with Gasteiger partial charge in [-0.15, -0.1) is 11.3 Å². The quantitative estimate of drug-likeness (QED) is 0.918. The molecule has 0 bridgehead atoms. The van der Waals surface area contributed by atoms with Gasteiger partial charge in [-0.25, -0.2) is 8.78 Å². The maximum atomic E-state index is 12.6. The number of aryl methyl sites for hydroxylation is 1. The molecule has 24 heavy (non-hydrogen) atoms. The van der Waals surface area contributed by atoms with E-state index in [1.54, 1.807) is 16.2 Å². The molecule has 0 aromatic carbocycles. The zero-order valence-corrected chi connectivity index (χ0v) is 14.3. The molecule has 0 aliphatic carbocycles. The van der Waals surface area contributed by atoms with Gasteiger partial charge in [0, 0.05) is 42.5 Å². The van der Waals surface area contributed by atoms with E-state index in [-0.39, 0.29) is 17.3 Å². The van der Waals surface area contributed by atoms with Crippen LogP contribution in [0.15, 0.2) is 18.2 Å². The average Bonchev–Trinajstić information content (AvgIpc) is 3.12. The highest BCUT2D eigenvalue weighted by atomic mass is 32.1. The van der Waals surface area contributed by atoms with E-state index >= 15 is 0 Å². The molecule has 3 rings (SSSR count). The number of hydrogen-bond acceptors (Lipinski definition) is 4. The minimum atomic E-state index is -2.65. The van der Waals surface area contributed by atoms with Crippen LogP contribution in [-0.2, 0) is 6.54 Å². The fourth-order valence-electron chi connectivity index (χ4n) is 2.84. The lowest BCUT2D eigenvalue weighted by Crippen LogP contribution is -2.35. The maximum Gasteiger partial charge on any atom is 0.279 e. The maximum absolute atomic E-state index is 12.6. The van der Waals surface area contributed by atoms with Crippen LogP contribution in [0.5, 0.6) is 0 Å². The summed E-state index contributed by atoms with van der Waals surface area (Å²) in [6, 6.07) is 5.40. The first-order valence-corrected chi connectivity index (χ1v) is 8.75. The zero-order valence-electron chi connectivity index (χ0n) is 13.5. The van der Waals surface area contributed by atoms with Gasteiger partial charge < -0.3 is 4.90 Å². The molecule has 1 aliphatic heterocycles. The normalized spacial score (nSPS) is 16.6. The van der Waals surface area contributed by atoms with Gasteiger partial charge in [-0.1, -0.05) is 0 Å². The Hall–Kier alpha value is -1.80. The highest BCUT2D eigenvalue weighted by molar-refractivity contribution is 7.11. The van der Waals surface area contributed by atoms with Crippen LogP contribution in [0, 0.1) is 6.92 Å². The second-order valence-electron chi connectivity index (χ2n) is 5.94. The van der Waals surface area contributed by atoms with Crippen LogP contribution in [0.4, 0.5) is 8.78 Å². The number of nitrogens with zero attached hydrogens (tertiary/aromatic N) is 3. The molecule has 0 spiro atoms. The lowest BCUT2D eigenvalue weighted by atomic mass is 10.3. The number of halogens is 2. The van der Waals surface area contributed by atoms with Crippen LogP contribution in [0.3, 0.4) is 0 Å². The van der Waals surface area contributed by atoms with Crippen LogP contribution < -0.4 is 0 Å². The molecule has 8 heteroatoms. The first-order valence-electron chi connectivity index (χ1n) is 7.93. The van der Waals surface area contributed by atoms with Crippen molar-refractivity contribution in [1.82, 2.24) is 20.0 Å². The van der Waals surface area contributed by atoms with Crippen LogP contribution in [-0.4, -0.2) is 52.1 Å². The summed E-state index contributed by atoms with van der Waals surface area (Å²) in [5, 5.41) is 5.95. The number of rotatable bonds is 4. The van der Waals surface area contributed by atoms with Crippen molar-refractivity contribution in [2.24, 2.45) is 0 Å². The predicted octanol–water partition coefficient (Wildman–Crippen LogP) is 3.07. The van der Waals surface area contributed by atoms with Gasteiger partial charge >= 0.3 is 0 Å². The Bertz CT molecular complexity index is 700. The number of thiophene rings is 1. The smallest absolute Gasteiger partial charge is 0.279 e. The fourth-order valence-corrected chi connectivity index (χ4v) is 3.78. The monoisotopic (exact) mass is 354 g/mol. The van der Waals surface area contributed by atoms with Crippen molar-refractivity contribution >= 4 is 17.2 Å². The van der Waals surface area contributed by atoms with E-state index in [1.165, 1.54) is 9.75 Å². The summed E-state index contributed by atoms with van der Waals surface area (Å²) in [6.45, 7) is 5.88. The molecule has 0 saturated carbocycles. The van der Waals surface area contributed by atoms with Crippen molar-refractivity contribution in [3.63, 3.8) is 0 Å². The van der Waals surface area contributed by atoms with Crippen molar-refractivity contribution in [2.75, 3.05) is 26.2 Å². The predicted molar refractivity (Wildman–Crippen MR) is 88.4 cm³/mol. The van der Waals surface area contributed by atoms with Crippen molar-refractivity contribution in [3.05, 3.63) is 39.3 Å². The number of aromatic nitrogens is 2. The molecule has 1 fully saturated rings. The Kier molecular flexibility index (Phi) is 5.25. The molecular weight excluding hydrogens is 334 g/mol. The number of hydrogen-bond donors (Lipinski definition) is 1. The minimum absolute atomic E-state index is 0.0626. The first kappa shape index (κ1) is 17.0. The number of amides is 1. The molecule has 2 aromatic heterocycles. The van der Waals surface area contributed by atoms with E-state index in [0.717, 1.165) is 32.1 Å². The molecule has 1 N–H and O–H groups in total. The molecule has 130 valence electrons. The van der Waals surface area contributed by atoms with Crippen molar-refractivity contribution in [2.45, 2.75) is 26.3 Å². The third kappa shape index (κ3) is 3.99. The van der Waals surface area contributed by atoms with E-state index in [2.05, 4.69) is 34.2 Å². The van der Waals surface area contributed by atoms with Crippen molar-refractivity contribution in [3.8, 4) is 0 Å². The summed E-state index contributed by atoms with van der Waals surface area (Å²) >= 11 is 1.79. The topological polar surface area (TPSA) is 52.2 Å². The van der Waals surface area contributed by atoms with Crippen LogP contribution in [0.25, 0.3) is 0 Å². The summed E-state index contributed by atoms with van der Waals surface area (Å²) in [6.07, 6.45) is -1.78. The molecule has 0 atom stereocenters. The minimum Gasteiger partial charge on any atom is -0.336 e. The largest absolute Gasteiger partial charge is 0.336 e. The van der Waals surface area contributed by atoms with Gasteiger partial charge in [0.2, 0.25) is 0 Å². The van der Waals surface area contributed by atoms with Gasteiger partial charge in [-0.05, 0) is 31.5 Å². The molecule has 1 saturated heterocycles. The van der Waals surface area contributed by atoms with Gasteiger partial charge in [-0.2, -0.15) is 5.10 Å². The number of H-pyrrole nitrogens is 1. The molecule has 1 amide bonds. The zero-order chi connectivity index (χ0) is 17.1. The third-order valence-electron chi connectivity index (χ3n) is 4.10. The summed E-state index contributed by atoms with van der Waals surface area (Å²) in [5.41, 5.74) is -0.254. The standard InChI is InChI=1S/C16H20F2N4OS/c1-11-3-4-12(24-11)10-21-5-2-6-22(8-7-21)16(23)14-9-13(15(17)18)19-20-14/h3-4,9,15H,2,5-8,10H2,1H3,(H,19,20). The summed E-state index contributed by atoms with van der Waals surface area (Å²) in [4.78, 5) is 19.1. The molecule has 5 nitrogen and oxygen atoms in total. The van der Waals surface area contributed by atoms with E-state index < -0.39 is 6.43 Å². The molecular formula is C16H20F2N4OS. The average molecular weight is 354 g/mol. The molecule has 2 aromatic rings. The molecule has 0 unspecified atom stereocenters. The Balaban J connectivity index is 1.59. The Morgan fingerprint density at radius 3 is 2.83 bits per heavy atom. The number of carbonyl (C=O) groups is 1. The Morgan fingerprint density at radius 2 is 2.17 bits per heavy atom. The van der Waals surface area contributed by atoms with Gasteiger partial charge in [0.25, 0.3) is 12.3 Å². The Labute approximate surface area is 143 Å². The second kappa shape index (κ2) is 7.40. The summed E-state index contributed by atoms with van der Waals surface area (Å²) in [5.74, 6) is -0.285. The van der Waals surface area contributed by atoms with Crippen molar-refractivity contribution < 1.29 is 13.6 Å². The number of alkyl halides is 2.